The van der Waals surface area contributed by atoms with Crippen molar-refractivity contribution in [2.45, 2.75) is 46.1 Å². The lowest BCUT2D eigenvalue weighted by atomic mass is 9.99. The summed E-state index contributed by atoms with van der Waals surface area (Å²) in [6, 6.07) is 5.14. The number of rotatable bonds is 5. The van der Waals surface area contributed by atoms with Crippen LogP contribution < -0.4 is 5.32 Å². The van der Waals surface area contributed by atoms with Crippen molar-refractivity contribution in [1.82, 2.24) is 5.32 Å². The standard InChI is InChI=1S/C15H23BrFN/c1-11(10-18-15(2,3)4)5-6-12-9-13(16)7-8-14(12)17/h7-9,11,18H,5-6,10H2,1-4H3. The van der Waals surface area contributed by atoms with Gasteiger partial charge >= 0.3 is 0 Å². The predicted octanol–water partition coefficient (Wildman–Crippen LogP) is 4.55. The highest BCUT2D eigenvalue weighted by Crippen LogP contribution is 2.18. The molecule has 0 saturated heterocycles. The van der Waals surface area contributed by atoms with Crippen molar-refractivity contribution < 1.29 is 4.39 Å². The van der Waals surface area contributed by atoms with Crippen molar-refractivity contribution in [3.63, 3.8) is 0 Å². The molecule has 0 heterocycles. The van der Waals surface area contributed by atoms with E-state index in [0.29, 0.717) is 5.92 Å². The molecule has 1 aromatic carbocycles. The molecule has 0 spiro atoms. The van der Waals surface area contributed by atoms with Gasteiger partial charge in [-0.25, -0.2) is 4.39 Å². The molecule has 1 atom stereocenters. The molecule has 0 amide bonds. The Morgan fingerprint density at radius 2 is 2.00 bits per heavy atom. The van der Waals surface area contributed by atoms with Gasteiger partial charge in [-0.05, 0) is 69.8 Å². The van der Waals surface area contributed by atoms with Crippen LogP contribution in [0.2, 0.25) is 0 Å². The molecule has 0 saturated carbocycles. The van der Waals surface area contributed by atoms with E-state index in [1.165, 1.54) is 6.07 Å². The van der Waals surface area contributed by atoms with Crippen LogP contribution in [0.4, 0.5) is 4.39 Å². The lowest BCUT2D eigenvalue weighted by molar-refractivity contribution is 0.372. The summed E-state index contributed by atoms with van der Waals surface area (Å²) in [6.07, 6.45) is 1.79. The van der Waals surface area contributed by atoms with E-state index in [-0.39, 0.29) is 11.4 Å². The van der Waals surface area contributed by atoms with Gasteiger partial charge in [0.05, 0.1) is 0 Å². The second-order valence-corrected chi connectivity index (χ2v) is 6.93. The van der Waals surface area contributed by atoms with Crippen LogP contribution in [0.5, 0.6) is 0 Å². The summed E-state index contributed by atoms with van der Waals surface area (Å²) in [5.74, 6) is 0.441. The molecule has 0 bridgehead atoms. The maximum absolute atomic E-state index is 13.6. The van der Waals surface area contributed by atoms with Crippen molar-refractivity contribution in [3.8, 4) is 0 Å². The molecular formula is C15H23BrFN. The highest BCUT2D eigenvalue weighted by molar-refractivity contribution is 9.10. The Bertz CT molecular complexity index is 385. The Kier molecular flexibility index (Phi) is 5.80. The normalized spacial score (nSPS) is 13.7. The Morgan fingerprint density at radius 1 is 1.33 bits per heavy atom. The first-order valence-corrected chi connectivity index (χ1v) is 7.26. The zero-order valence-electron chi connectivity index (χ0n) is 11.7. The van der Waals surface area contributed by atoms with Crippen LogP contribution in [-0.4, -0.2) is 12.1 Å². The highest BCUT2D eigenvalue weighted by Gasteiger charge is 2.12. The van der Waals surface area contributed by atoms with Gasteiger partial charge in [0.2, 0.25) is 0 Å². The van der Waals surface area contributed by atoms with Gasteiger partial charge in [0.25, 0.3) is 0 Å². The average molecular weight is 316 g/mol. The van der Waals surface area contributed by atoms with E-state index in [1.807, 2.05) is 6.07 Å². The third kappa shape index (κ3) is 5.96. The van der Waals surface area contributed by atoms with E-state index < -0.39 is 0 Å². The van der Waals surface area contributed by atoms with E-state index in [1.54, 1.807) is 6.07 Å². The van der Waals surface area contributed by atoms with Crippen LogP contribution in [0.3, 0.4) is 0 Å². The topological polar surface area (TPSA) is 12.0 Å². The second kappa shape index (κ2) is 6.67. The summed E-state index contributed by atoms with van der Waals surface area (Å²) < 4.78 is 14.5. The third-order valence-corrected chi connectivity index (χ3v) is 3.39. The fraction of sp³-hybridized carbons (Fsp3) is 0.600. The number of benzene rings is 1. The molecule has 1 rings (SSSR count). The molecule has 1 nitrogen and oxygen atoms in total. The quantitative estimate of drug-likeness (QED) is 0.840. The van der Waals surface area contributed by atoms with Crippen LogP contribution in [0, 0.1) is 11.7 Å². The first-order chi connectivity index (χ1) is 8.28. The second-order valence-electron chi connectivity index (χ2n) is 6.01. The predicted molar refractivity (Wildman–Crippen MR) is 79.3 cm³/mol. The summed E-state index contributed by atoms with van der Waals surface area (Å²) in [6.45, 7) is 9.66. The summed E-state index contributed by atoms with van der Waals surface area (Å²) in [5, 5.41) is 3.48. The molecule has 0 fully saturated rings. The fourth-order valence-electron chi connectivity index (χ4n) is 1.72. The SMILES string of the molecule is CC(CCc1cc(Br)ccc1F)CNC(C)(C)C. The summed E-state index contributed by atoms with van der Waals surface area (Å²) in [4.78, 5) is 0. The Labute approximate surface area is 118 Å². The lowest BCUT2D eigenvalue weighted by Gasteiger charge is -2.23. The van der Waals surface area contributed by atoms with E-state index >= 15 is 0 Å². The van der Waals surface area contributed by atoms with Gasteiger partial charge in [0, 0.05) is 10.0 Å². The summed E-state index contributed by atoms with van der Waals surface area (Å²) in [5.41, 5.74) is 0.946. The van der Waals surface area contributed by atoms with Crippen molar-refractivity contribution in [1.29, 1.82) is 0 Å². The first-order valence-electron chi connectivity index (χ1n) is 6.47. The minimum absolute atomic E-state index is 0.103. The monoisotopic (exact) mass is 315 g/mol. The van der Waals surface area contributed by atoms with Crippen LogP contribution >= 0.6 is 15.9 Å². The molecule has 0 aliphatic carbocycles. The molecule has 0 aliphatic rings. The van der Waals surface area contributed by atoms with Gasteiger partial charge in [-0.15, -0.1) is 0 Å². The van der Waals surface area contributed by atoms with Gasteiger partial charge in [-0.1, -0.05) is 22.9 Å². The fourth-order valence-corrected chi connectivity index (χ4v) is 2.13. The van der Waals surface area contributed by atoms with Crippen molar-refractivity contribution >= 4 is 15.9 Å². The zero-order valence-corrected chi connectivity index (χ0v) is 13.3. The number of hydrogen-bond acceptors (Lipinski definition) is 1. The molecule has 3 heteroatoms. The van der Waals surface area contributed by atoms with Crippen LogP contribution in [0.15, 0.2) is 22.7 Å². The molecule has 0 aliphatic heterocycles. The van der Waals surface area contributed by atoms with E-state index in [9.17, 15) is 4.39 Å². The largest absolute Gasteiger partial charge is 0.312 e. The van der Waals surface area contributed by atoms with Gasteiger partial charge in [0.15, 0.2) is 0 Å². The molecule has 18 heavy (non-hydrogen) atoms. The van der Waals surface area contributed by atoms with Crippen LogP contribution in [-0.2, 0) is 6.42 Å². The van der Waals surface area contributed by atoms with Crippen molar-refractivity contribution in [3.05, 3.63) is 34.1 Å². The average Bonchev–Trinajstić information content (AvgIpc) is 2.26. The Morgan fingerprint density at radius 3 is 2.61 bits per heavy atom. The Hall–Kier alpha value is -0.410. The van der Waals surface area contributed by atoms with E-state index in [0.717, 1.165) is 29.4 Å². The van der Waals surface area contributed by atoms with Crippen molar-refractivity contribution in [2.24, 2.45) is 5.92 Å². The lowest BCUT2D eigenvalue weighted by Crippen LogP contribution is -2.38. The maximum Gasteiger partial charge on any atom is 0.126 e. The number of nitrogens with one attached hydrogen (secondary N) is 1. The minimum Gasteiger partial charge on any atom is -0.312 e. The molecule has 1 N–H and O–H groups in total. The molecule has 0 aromatic heterocycles. The van der Waals surface area contributed by atoms with Gasteiger partial charge in [0.1, 0.15) is 5.82 Å². The number of hydrogen-bond donors (Lipinski definition) is 1. The van der Waals surface area contributed by atoms with Crippen molar-refractivity contribution in [2.75, 3.05) is 6.54 Å². The van der Waals surface area contributed by atoms with E-state index in [4.69, 9.17) is 0 Å². The molecule has 102 valence electrons. The Balaban J connectivity index is 2.42. The number of halogens is 2. The zero-order chi connectivity index (χ0) is 13.8. The smallest absolute Gasteiger partial charge is 0.126 e. The number of aryl methyl sites for hydroxylation is 1. The summed E-state index contributed by atoms with van der Waals surface area (Å²) in [7, 11) is 0. The van der Waals surface area contributed by atoms with Crippen LogP contribution in [0.1, 0.15) is 39.7 Å². The molecule has 1 unspecified atom stereocenters. The minimum atomic E-state index is -0.103. The molecule has 0 radical (unpaired) electrons. The third-order valence-electron chi connectivity index (χ3n) is 2.90. The molecular weight excluding hydrogens is 293 g/mol. The van der Waals surface area contributed by atoms with Gasteiger partial charge in [-0.2, -0.15) is 0 Å². The highest BCUT2D eigenvalue weighted by atomic mass is 79.9. The maximum atomic E-state index is 13.6. The van der Waals surface area contributed by atoms with Gasteiger partial charge in [-0.3, -0.25) is 0 Å². The summed E-state index contributed by atoms with van der Waals surface area (Å²) >= 11 is 3.38. The first kappa shape index (κ1) is 15.6. The van der Waals surface area contributed by atoms with Gasteiger partial charge < -0.3 is 5.32 Å². The molecule has 1 aromatic rings. The van der Waals surface area contributed by atoms with Crippen LogP contribution in [0.25, 0.3) is 0 Å². The van der Waals surface area contributed by atoms with E-state index in [2.05, 4.69) is 48.9 Å².